The SMILES string of the molecule is O=C1c2ccccc2C(=O)N1CCCC1(c2ccc(Cl)c(CNC3(c4cnccc4-c4ccccc4OC4CC4)CC3)c2)CC1. The van der Waals surface area contributed by atoms with Crippen LogP contribution in [0.4, 0.5) is 0 Å². The Morgan fingerprint density at radius 2 is 1.58 bits per heavy atom. The van der Waals surface area contributed by atoms with Crippen LogP contribution < -0.4 is 10.1 Å². The molecule has 1 aliphatic heterocycles. The number of para-hydroxylation sites is 1. The molecule has 4 aromatic rings. The van der Waals surface area contributed by atoms with Crippen molar-refractivity contribution < 1.29 is 14.3 Å². The molecule has 1 N–H and O–H groups in total. The van der Waals surface area contributed by atoms with Gasteiger partial charge < -0.3 is 10.1 Å². The van der Waals surface area contributed by atoms with Crippen LogP contribution in [0.5, 0.6) is 5.75 Å². The molecule has 45 heavy (non-hydrogen) atoms. The first-order chi connectivity index (χ1) is 22.0. The van der Waals surface area contributed by atoms with E-state index in [4.69, 9.17) is 16.3 Å². The van der Waals surface area contributed by atoms with Crippen LogP contribution in [0.15, 0.2) is 85.2 Å². The summed E-state index contributed by atoms with van der Waals surface area (Å²) in [5.74, 6) is 0.590. The maximum Gasteiger partial charge on any atom is 0.261 e. The van der Waals surface area contributed by atoms with E-state index in [1.165, 1.54) is 21.6 Å². The third-order valence-corrected chi connectivity index (χ3v) is 10.5. The molecule has 0 unspecified atom stereocenters. The Bertz CT molecular complexity index is 1770. The Hall–Kier alpha value is -4.00. The van der Waals surface area contributed by atoms with Gasteiger partial charge in [0, 0.05) is 41.6 Å². The third kappa shape index (κ3) is 5.34. The second-order valence-corrected chi connectivity index (χ2v) is 13.6. The minimum atomic E-state index is -0.176. The molecule has 228 valence electrons. The number of imide groups is 1. The molecular weight excluding hydrogens is 582 g/mol. The Kier molecular flexibility index (Phi) is 7.03. The molecule has 3 aromatic carbocycles. The quantitative estimate of drug-likeness (QED) is 0.164. The molecule has 8 rings (SSSR count). The van der Waals surface area contributed by atoms with Crippen molar-refractivity contribution in [2.45, 2.75) is 75.0 Å². The first kappa shape index (κ1) is 28.5. The lowest BCUT2D eigenvalue weighted by molar-refractivity contribution is 0.0650. The maximum atomic E-state index is 12.8. The lowest BCUT2D eigenvalue weighted by Crippen LogP contribution is -2.31. The van der Waals surface area contributed by atoms with E-state index in [1.54, 1.807) is 12.1 Å². The summed E-state index contributed by atoms with van der Waals surface area (Å²) in [6.07, 6.45) is 12.4. The molecule has 0 saturated heterocycles. The van der Waals surface area contributed by atoms with Gasteiger partial charge in [-0.25, -0.2) is 0 Å². The summed E-state index contributed by atoms with van der Waals surface area (Å²) < 4.78 is 6.28. The zero-order valence-corrected chi connectivity index (χ0v) is 26.0. The average Bonchev–Trinajstić information content (AvgIpc) is 3.96. The topological polar surface area (TPSA) is 71.5 Å². The number of aromatic nitrogens is 1. The number of hydrogen-bond donors (Lipinski definition) is 1. The molecule has 4 aliphatic rings. The van der Waals surface area contributed by atoms with E-state index in [0.29, 0.717) is 30.3 Å². The number of benzene rings is 3. The number of rotatable bonds is 12. The number of hydrogen-bond acceptors (Lipinski definition) is 5. The largest absolute Gasteiger partial charge is 0.490 e. The van der Waals surface area contributed by atoms with Crippen molar-refractivity contribution in [1.29, 1.82) is 0 Å². The van der Waals surface area contributed by atoms with Crippen LogP contribution in [0, 0.1) is 0 Å². The molecule has 3 aliphatic carbocycles. The number of fused-ring (bicyclic) bond motifs is 1. The van der Waals surface area contributed by atoms with Gasteiger partial charge in [-0.15, -0.1) is 0 Å². The number of halogens is 1. The van der Waals surface area contributed by atoms with Gasteiger partial charge in [0.2, 0.25) is 0 Å². The fraction of sp³-hybridized carbons (Fsp3) is 0.342. The fourth-order valence-corrected chi connectivity index (χ4v) is 7.17. The normalized spacial score (nSPS) is 19.0. The van der Waals surface area contributed by atoms with Crippen molar-refractivity contribution in [1.82, 2.24) is 15.2 Å². The highest BCUT2D eigenvalue weighted by molar-refractivity contribution is 6.31. The predicted octanol–water partition coefficient (Wildman–Crippen LogP) is 7.83. The van der Waals surface area contributed by atoms with E-state index in [2.05, 4.69) is 46.7 Å². The molecule has 3 saturated carbocycles. The van der Waals surface area contributed by atoms with E-state index < -0.39 is 0 Å². The average molecular weight is 618 g/mol. The lowest BCUT2D eigenvalue weighted by atomic mass is 9.89. The van der Waals surface area contributed by atoms with Crippen molar-refractivity contribution in [3.8, 4) is 16.9 Å². The highest BCUT2D eigenvalue weighted by Crippen LogP contribution is 2.53. The Morgan fingerprint density at radius 1 is 0.867 bits per heavy atom. The molecule has 7 heteroatoms. The van der Waals surface area contributed by atoms with Crippen LogP contribution in [-0.2, 0) is 17.5 Å². The molecule has 0 radical (unpaired) electrons. The minimum absolute atomic E-state index is 0.0804. The van der Waals surface area contributed by atoms with E-state index in [0.717, 1.165) is 73.3 Å². The number of nitrogens with zero attached hydrogens (tertiary/aromatic N) is 2. The molecular formula is C38H36ClN3O3. The number of nitrogens with one attached hydrogen (secondary N) is 1. The number of ether oxygens (including phenoxy) is 1. The molecule has 0 spiro atoms. The van der Waals surface area contributed by atoms with Gasteiger partial charge in [0.25, 0.3) is 11.8 Å². The zero-order valence-electron chi connectivity index (χ0n) is 25.2. The van der Waals surface area contributed by atoms with E-state index >= 15 is 0 Å². The standard InChI is InChI=1S/C38H36ClN3O3/c39-33-13-10-26(37(16-17-37)15-5-21-42-35(43)30-7-1-2-8-31(30)36(42)44)22-25(33)23-41-38(18-19-38)32-24-40-20-14-28(32)29-6-3-4-9-34(29)45-27-11-12-27/h1-4,6-10,13-14,20,22,24,27,41H,5,11-12,15-19,21,23H2. The van der Waals surface area contributed by atoms with Gasteiger partial charge in [0.1, 0.15) is 5.75 Å². The van der Waals surface area contributed by atoms with Crippen LogP contribution in [0.1, 0.15) is 88.8 Å². The molecule has 1 aromatic heterocycles. The second kappa shape index (κ2) is 11.1. The van der Waals surface area contributed by atoms with Crippen LogP contribution in [0.2, 0.25) is 5.02 Å². The summed E-state index contributed by atoms with van der Waals surface area (Å²) in [4.78, 5) is 31.6. The smallest absolute Gasteiger partial charge is 0.261 e. The number of carbonyl (C=O) groups is 2. The van der Waals surface area contributed by atoms with Gasteiger partial charge in [0.05, 0.1) is 17.2 Å². The monoisotopic (exact) mass is 617 g/mol. The molecule has 2 heterocycles. The first-order valence-electron chi connectivity index (χ1n) is 16.2. The fourth-order valence-electron chi connectivity index (χ4n) is 6.99. The van der Waals surface area contributed by atoms with Crippen LogP contribution in [-0.4, -0.2) is 34.3 Å². The molecule has 0 atom stereocenters. The van der Waals surface area contributed by atoms with Gasteiger partial charge in [-0.1, -0.05) is 54.1 Å². The van der Waals surface area contributed by atoms with Crippen LogP contribution in [0.3, 0.4) is 0 Å². The summed E-state index contributed by atoms with van der Waals surface area (Å²) in [7, 11) is 0. The van der Waals surface area contributed by atoms with Gasteiger partial charge >= 0.3 is 0 Å². The summed E-state index contributed by atoms with van der Waals surface area (Å²) in [6, 6.07) is 24.0. The minimum Gasteiger partial charge on any atom is -0.490 e. The number of carbonyl (C=O) groups excluding carboxylic acids is 2. The first-order valence-corrected chi connectivity index (χ1v) is 16.5. The maximum absolute atomic E-state index is 12.8. The Balaban J connectivity index is 0.962. The van der Waals surface area contributed by atoms with Crippen LogP contribution >= 0.6 is 11.6 Å². The number of pyridine rings is 1. The van der Waals surface area contributed by atoms with Crippen molar-refractivity contribution in [3.63, 3.8) is 0 Å². The Labute approximate surface area is 268 Å². The summed E-state index contributed by atoms with van der Waals surface area (Å²) in [6.45, 7) is 1.10. The van der Waals surface area contributed by atoms with Crippen molar-refractivity contribution in [2.75, 3.05) is 6.54 Å². The van der Waals surface area contributed by atoms with Crippen LogP contribution in [0.25, 0.3) is 11.1 Å². The molecule has 0 bridgehead atoms. The lowest BCUT2D eigenvalue weighted by Gasteiger charge is -2.23. The highest BCUT2D eigenvalue weighted by atomic mass is 35.5. The van der Waals surface area contributed by atoms with Gasteiger partial charge in [-0.2, -0.15) is 0 Å². The molecule has 3 fully saturated rings. The highest BCUT2D eigenvalue weighted by Gasteiger charge is 2.47. The van der Waals surface area contributed by atoms with E-state index in [-0.39, 0.29) is 22.8 Å². The molecule has 6 nitrogen and oxygen atoms in total. The predicted molar refractivity (Wildman–Crippen MR) is 174 cm³/mol. The molecule has 2 amide bonds. The second-order valence-electron chi connectivity index (χ2n) is 13.2. The summed E-state index contributed by atoms with van der Waals surface area (Å²) in [5, 5.41) is 4.64. The third-order valence-electron chi connectivity index (χ3n) is 10.1. The van der Waals surface area contributed by atoms with Gasteiger partial charge in [0.15, 0.2) is 0 Å². The van der Waals surface area contributed by atoms with Crippen molar-refractivity contribution in [2.24, 2.45) is 0 Å². The van der Waals surface area contributed by atoms with E-state index in [9.17, 15) is 9.59 Å². The number of amides is 2. The summed E-state index contributed by atoms with van der Waals surface area (Å²) >= 11 is 6.78. The van der Waals surface area contributed by atoms with Crippen molar-refractivity contribution >= 4 is 23.4 Å². The van der Waals surface area contributed by atoms with Crippen molar-refractivity contribution in [3.05, 3.63) is 118 Å². The van der Waals surface area contributed by atoms with E-state index in [1.807, 2.05) is 36.7 Å². The van der Waals surface area contributed by atoms with Gasteiger partial charge in [-0.3, -0.25) is 19.5 Å². The summed E-state index contributed by atoms with van der Waals surface area (Å²) in [5.41, 5.74) is 6.83. The zero-order chi connectivity index (χ0) is 30.6. The van der Waals surface area contributed by atoms with Gasteiger partial charge in [-0.05, 0) is 109 Å². The Morgan fingerprint density at radius 3 is 2.27 bits per heavy atom.